The van der Waals surface area contributed by atoms with Gasteiger partial charge in [-0.25, -0.2) is 4.79 Å². The Bertz CT molecular complexity index is 386. The molecule has 1 saturated carbocycles. The molecule has 0 aromatic carbocycles. The van der Waals surface area contributed by atoms with Gasteiger partial charge < -0.3 is 10.1 Å². The minimum absolute atomic E-state index is 0.0442. The summed E-state index contributed by atoms with van der Waals surface area (Å²) in [6.07, 6.45) is 5.36. The summed E-state index contributed by atoms with van der Waals surface area (Å²) in [5.41, 5.74) is 8.81. The van der Waals surface area contributed by atoms with Crippen LogP contribution in [0.15, 0.2) is 5.11 Å². The van der Waals surface area contributed by atoms with E-state index >= 15 is 0 Å². The van der Waals surface area contributed by atoms with Crippen LogP contribution in [0.4, 0.5) is 4.79 Å². The van der Waals surface area contributed by atoms with Crippen molar-refractivity contribution in [2.24, 2.45) is 17.0 Å². The average Bonchev–Trinajstić information content (AvgIpc) is 2.89. The molecule has 1 rings (SSSR count). The molecular weight excluding hydrogens is 280 g/mol. The van der Waals surface area contributed by atoms with Crippen molar-refractivity contribution in [2.45, 2.75) is 84.4 Å². The molecule has 2 atom stereocenters. The Morgan fingerprint density at radius 1 is 1.23 bits per heavy atom. The lowest BCUT2D eigenvalue weighted by Gasteiger charge is -2.27. The molecule has 0 saturated heterocycles. The van der Waals surface area contributed by atoms with Crippen LogP contribution in [0.2, 0.25) is 0 Å². The summed E-state index contributed by atoms with van der Waals surface area (Å²) >= 11 is 0. The molecule has 1 fully saturated rings. The van der Waals surface area contributed by atoms with Gasteiger partial charge in [0.05, 0.1) is 6.04 Å². The largest absolute Gasteiger partial charge is 0.446 e. The zero-order valence-corrected chi connectivity index (χ0v) is 14.3. The number of amides is 1. The lowest BCUT2D eigenvalue weighted by Crippen LogP contribution is -2.44. The SMILES string of the molecule is CC(C)C[C@H](N=[N+]=[N-])[C@H](CC(C)C)NC(=O)OC1CCCC1. The molecule has 1 aliphatic carbocycles. The smallest absolute Gasteiger partial charge is 0.407 e. The number of hydrogen-bond acceptors (Lipinski definition) is 3. The van der Waals surface area contributed by atoms with Crippen LogP contribution in [0.1, 0.15) is 66.2 Å². The van der Waals surface area contributed by atoms with E-state index in [2.05, 4.69) is 43.0 Å². The second-order valence-electron chi connectivity index (χ2n) is 7.09. The Labute approximate surface area is 133 Å². The first-order valence-electron chi connectivity index (χ1n) is 8.43. The van der Waals surface area contributed by atoms with Crippen LogP contribution < -0.4 is 5.32 Å². The fraction of sp³-hybridized carbons (Fsp3) is 0.938. The molecule has 0 radical (unpaired) electrons. The van der Waals surface area contributed by atoms with Crippen molar-refractivity contribution in [3.63, 3.8) is 0 Å². The monoisotopic (exact) mass is 310 g/mol. The van der Waals surface area contributed by atoms with Crippen molar-refractivity contribution in [1.82, 2.24) is 5.32 Å². The first-order chi connectivity index (χ1) is 10.4. The Balaban J connectivity index is 2.67. The lowest BCUT2D eigenvalue weighted by molar-refractivity contribution is 0.0951. The number of azide groups is 1. The maximum absolute atomic E-state index is 12.1. The highest BCUT2D eigenvalue weighted by Crippen LogP contribution is 2.22. The van der Waals surface area contributed by atoms with Crippen LogP contribution in [0, 0.1) is 11.8 Å². The number of rotatable bonds is 8. The predicted octanol–water partition coefficient (Wildman–Crippen LogP) is 4.79. The highest BCUT2D eigenvalue weighted by Gasteiger charge is 2.26. The van der Waals surface area contributed by atoms with Gasteiger partial charge in [-0.1, -0.05) is 32.8 Å². The summed E-state index contributed by atoms with van der Waals surface area (Å²) in [5, 5.41) is 6.85. The van der Waals surface area contributed by atoms with Crippen LogP contribution in [-0.2, 0) is 4.74 Å². The molecule has 0 bridgehead atoms. The topological polar surface area (TPSA) is 87.1 Å². The van der Waals surface area contributed by atoms with Crippen LogP contribution in [0.25, 0.3) is 10.4 Å². The van der Waals surface area contributed by atoms with Gasteiger partial charge in [0, 0.05) is 11.0 Å². The minimum Gasteiger partial charge on any atom is -0.446 e. The molecular formula is C16H30N4O2. The maximum Gasteiger partial charge on any atom is 0.407 e. The maximum atomic E-state index is 12.1. The quantitative estimate of drug-likeness (QED) is 0.396. The molecule has 1 amide bonds. The zero-order chi connectivity index (χ0) is 16.5. The summed E-state index contributed by atoms with van der Waals surface area (Å²) in [5.74, 6) is 0.804. The molecule has 0 spiro atoms. The van der Waals surface area contributed by atoms with E-state index in [0.29, 0.717) is 11.8 Å². The van der Waals surface area contributed by atoms with Gasteiger partial charge in [-0.2, -0.15) is 0 Å². The van der Waals surface area contributed by atoms with E-state index in [9.17, 15) is 4.79 Å². The van der Waals surface area contributed by atoms with Crippen LogP contribution in [0.3, 0.4) is 0 Å². The number of ether oxygens (including phenoxy) is 1. The van der Waals surface area contributed by atoms with Crippen molar-refractivity contribution in [1.29, 1.82) is 0 Å². The first-order valence-corrected chi connectivity index (χ1v) is 8.43. The van der Waals surface area contributed by atoms with Gasteiger partial charge in [0.25, 0.3) is 0 Å². The van der Waals surface area contributed by atoms with Crippen LogP contribution in [-0.4, -0.2) is 24.3 Å². The van der Waals surface area contributed by atoms with E-state index in [1.54, 1.807) is 0 Å². The molecule has 22 heavy (non-hydrogen) atoms. The van der Waals surface area contributed by atoms with Gasteiger partial charge in [-0.05, 0) is 55.9 Å². The lowest BCUT2D eigenvalue weighted by atomic mass is 9.92. The van der Waals surface area contributed by atoms with Crippen molar-refractivity contribution in [3.05, 3.63) is 10.4 Å². The Kier molecular flexibility index (Phi) is 8.10. The van der Waals surface area contributed by atoms with E-state index in [4.69, 9.17) is 10.3 Å². The van der Waals surface area contributed by atoms with Crippen molar-refractivity contribution in [3.8, 4) is 0 Å². The van der Waals surface area contributed by atoms with Gasteiger partial charge in [-0.15, -0.1) is 0 Å². The highest BCUT2D eigenvalue weighted by molar-refractivity contribution is 5.68. The van der Waals surface area contributed by atoms with Crippen molar-refractivity contribution >= 4 is 6.09 Å². The van der Waals surface area contributed by atoms with Gasteiger partial charge >= 0.3 is 6.09 Å². The summed E-state index contributed by atoms with van der Waals surface area (Å²) < 4.78 is 5.47. The third kappa shape index (κ3) is 7.03. The molecule has 6 heteroatoms. The number of carbonyl (C=O) groups is 1. The number of nitrogens with zero attached hydrogens (tertiary/aromatic N) is 3. The molecule has 0 unspecified atom stereocenters. The predicted molar refractivity (Wildman–Crippen MR) is 87.5 cm³/mol. The van der Waals surface area contributed by atoms with E-state index in [1.165, 1.54) is 0 Å². The third-order valence-electron chi connectivity index (χ3n) is 3.98. The van der Waals surface area contributed by atoms with E-state index < -0.39 is 0 Å². The molecule has 1 N–H and O–H groups in total. The Morgan fingerprint density at radius 2 is 1.82 bits per heavy atom. The van der Waals surface area contributed by atoms with Gasteiger partial charge in [0.2, 0.25) is 0 Å². The summed E-state index contributed by atoms with van der Waals surface area (Å²) in [6.45, 7) is 8.37. The zero-order valence-electron chi connectivity index (χ0n) is 14.3. The fourth-order valence-electron chi connectivity index (χ4n) is 3.00. The number of alkyl carbamates (subject to hydrolysis) is 1. The molecule has 1 aliphatic rings. The molecule has 6 nitrogen and oxygen atoms in total. The van der Waals surface area contributed by atoms with E-state index in [1.807, 2.05) is 0 Å². The highest BCUT2D eigenvalue weighted by atomic mass is 16.6. The normalized spacial score (nSPS) is 18.1. The van der Waals surface area contributed by atoms with Crippen LogP contribution >= 0.6 is 0 Å². The fourth-order valence-corrected chi connectivity index (χ4v) is 3.00. The summed E-state index contributed by atoms with van der Waals surface area (Å²) in [7, 11) is 0. The molecule has 126 valence electrons. The number of carbonyl (C=O) groups excluding carboxylic acids is 1. The molecule has 0 heterocycles. The Morgan fingerprint density at radius 3 is 2.32 bits per heavy atom. The van der Waals surface area contributed by atoms with Crippen LogP contribution in [0.5, 0.6) is 0 Å². The van der Waals surface area contributed by atoms with E-state index in [-0.39, 0.29) is 24.3 Å². The van der Waals surface area contributed by atoms with Crippen molar-refractivity contribution < 1.29 is 9.53 Å². The summed E-state index contributed by atoms with van der Waals surface area (Å²) in [4.78, 5) is 15.1. The molecule has 0 aromatic heterocycles. The van der Waals surface area contributed by atoms with Crippen molar-refractivity contribution in [2.75, 3.05) is 0 Å². The minimum atomic E-state index is -0.376. The molecule has 0 aromatic rings. The average molecular weight is 310 g/mol. The van der Waals surface area contributed by atoms with E-state index in [0.717, 1.165) is 38.5 Å². The summed E-state index contributed by atoms with van der Waals surface area (Å²) in [6, 6.07) is -0.407. The van der Waals surface area contributed by atoms with Gasteiger partial charge in [0.15, 0.2) is 0 Å². The molecule has 0 aliphatic heterocycles. The number of hydrogen-bond donors (Lipinski definition) is 1. The number of nitrogens with one attached hydrogen (secondary N) is 1. The Hall–Kier alpha value is -1.42. The van der Waals surface area contributed by atoms with Gasteiger partial charge in [-0.3, -0.25) is 0 Å². The second-order valence-corrected chi connectivity index (χ2v) is 7.09. The standard InChI is InChI=1S/C16H30N4O2/c1-11(2)9-14(15(19-20-17)10-12(3)4)18-16(21)22-13-7-5-6-8-13/h11-15H,5-10H2,1-4H3,(H,18,21)/t14-,15-/m0/s1. The third-order valence-corrected chi connectivity index (χ3v) is 3.98. The van der Waals surface area contributed by atoms with Gasteiger partial charge in [0.1, 0.15) is 6.10 Å². The second kappa shape index (κ2) is 9.57. The first kappa shape index (κ1) is 18.6.